The molecule has 0 fully saturated rings. The first-order valence-corrected chi connectivity index (χ1v) is 20.2. The highest BCUT2D eigenvalue weighted by Gasteiger charge is 2.24. The molecule has 0 bridgehead atoms. The molecule has 0 aliphatic heterocycles. The maximum Gasteiger partial charge on any atom is 0.159 e. The average Bonchev–Trinajstić information content (AvgIpc) is 3.86. The fourth-order valence-electron chi connectivity index (χ4n) is 8.54. The average molecular weight is 746 g/mol. The molecule has 268 valence electrons. The number of thiophene rings is 1. The fourth-order valence-corrected chi connectivity index (χ4v) is 9.78. The molecule has 0 atom stereocenters. The SMILES string of the molecule is c1ccc(-c2ccccc2-c2ccccc2-c2ccccc2N(c2cccc(-c3cccc4c3sc3ccccc34)c2)c2cccc3c2oc2ccccc23)cc1. The number of benzene rings is 9. The van der Waals surface area contributed by atoms with Gasteiger partial charge in [0.25, 0.3) is 0 Å². The highest BCUT2D eigenvalue weighted by molar-refractivity contribution is 7.26. The van der Waals surface area contributed by atoms with E-state index >= 15 is 0 Å². The van der Waals surface area contributed by atoms with Crippen molar-refractivity contribution in [2.75, 3.05) is 4.90 Å². The lowest BCUT2D eigenvalue weighted by Gasteiger charge is -2.29. The maximum absolute atomic E-state index is 6.78. The van der Waals surface area contributed by atoms with Crippen molar-refractivity contribution in [3.05, 3.63) is 212 Å². The molecule has 11 rings (SSSR count). The van der Waals surface area contributed by atoms with E-state index in [1.54, 1.807) is 0 Å². The molecule has 0 aliphatic carbocycles. The highest BCUT2D eigenvalue weighted by Crippen LogP contribution is 2.49. The van der Waals surface area contributed by atoms with Crippen molar-refractivity contribution in [2.45, 2.75) is 0 Å². The summed E-state index contributed by atoms with van der Waals surface area (Å²) in [5, 5.41) is 4.79. The van der Waals surface area contributed by atoms with E-state index < -0.39 is 0 Å². The molecule has 0 amide bonds. The van der Waals surface area contributed by atoms with Gasteiger partial charge in [0.15, 0.2) is 5.58 Å². The van der Waals surface area contributed by atoms with E-state index in [4.69, 9.17) is 4.42 Å². The molecule has 2 aromatic heterocycles. The van der Waals surface area contributed by atoms with Crippen LogP contribution in [0, 0.1) is 0 Å². The first-order valence-electron chi connectivity index (χ1n) is 19.3. The van der Waals surface area contributed by atoms with Crippen LogP contribution in [-0.4, -0.2) is 0 Å². The Morgan fingerprint density at radius 2 is 0.895 bits per heavy atom. The lowest BCUT2D eigenvalue weighted by Crippen LogP contribution is -2.12. The number of hydrogen-bond acceptors (Lipinski definition) is 3. The summed E-state index contributed by atoms with van der Waals surface area (Å²) in [5.41, 5.74) is 14.3. The van der Waals surface area contributed by atoms with Crippen molar-refractivity contribution in [1.82, 2.24) is 0 Å². The number of para-hydroxylation sites is 3. The molecule has 11 aromatic rings. The number of rotatable bonds is 7. The Hall–Kier alpha value is -7.20. The summed E-state index contributed by atoms with van der Waals surface area (Å²) < 4.78 is 9.38. The Kier molecular flexibility index (Phi) is 8.04. The largest absolute Gasteiger partial charge is 0.454 e. The zero-order chi connectivity index (χ0) is 37.7. The van der Waals surface area contributed by atoms with Gasteiger partial charge in [-0.3, -0.25) is 0 Å². The van der Waals surface area contributed by atoms with Gasteiger partial charge in [0.2, 0.25) is 0 Å². The van der Waals surface area contributed by atoms with Gasteiger partial charge in [-0.2, -0.15) is 0 Å². The molecule has 0 spiro atoms. The molecule has 0 saturated carbocycles. The van der Waals surface area contributed by atoms with E-state index in [1.165, 1.54) is 53.6 Å². The summed E-state index contributed by atoms with van der Waals surface area (Å²) in [5.74, 6) is 0. The quantitative estimate of drug-likeness (QED) is 0.162. The second-order valence-electron chi connectivity index (χ2n) is 14.4. The molecule has 57 heavy (non-hydrogen) atoms. The molecule has 0 radical (unpaired) electrons. The third-order valence-corrected chi connectivity index (χ3v) is 12.3. The smallest absolute Gasteiger partial charge is 0.159 e. The second-order valence-corrected chi connectivity index (χ2v) is 15.4. The standard InChI is InChI=1S/C54H35NOS/c1-2-17-36(18-3-1)39-21-4-5-22-41(39)42-23-6-7-24-43(42)44-25-8-11-31-49(44)55(50-32-16-29-47-45-26-9-12-33-51(45)56-53(47)50)38-20-14-19-37(35-38)40-28-15-30-48-46-27-10-13-34-52(46)57-54(40)48/h1-35H. The molecular formula is C54H35NOS. The van der Waals surface area contributed by atoms with Gasteiger partial charge in [0.05, 0.1) is 11.4 Å². The van der Waals surface area contributed by atoms with Crippen LogP contribution in [0.2, 0.25) is 0 Å². The van der Waals surface area contributed by atoms with Gasteiger partial charge in [-0.15, -0.1) is 11.3 Å². The fraction of sp³-hybridized carbons (Fsp3) is 0. The molecule has 2 nitrogen and oxygen atoms in total. The predicted octanol–water partition coefficient (Wildman–Crippen LogP) is 16.1. The van der Waals surface area contributed by atoms with Crippen LogP contribution in [0.1, 0.15) is 0 Å². The topological polar surface area (TPSA) is 16.4 Å². The lowest BCUT2D eigenvalue weighted by molar-refractivity contribution is 0.669. The number of nitrogens with zero attached hydrogens (tertiary/aromatic N) is 1. The summed E-state index contributed by atoms with van der Waals surface area (Å²) in [7, 11) is 0. The van der Waals surface area contributed by atoms with Crippen LogP contribution in [0.5, 0.6) is 0 Å². The van der Waals surface area contributed by atoms with Gasteiger partial charge in [0.1, 0.15) is 5.58 Å². The minimum atomic E-state index is 0.855. The van der Waals surface area contributed by atoms with Crippen LogP contribution in [0.4, 0.5) is 17.1 Å². The molecule has 0 aliphatic rings. The Balaban J connectivity index is 1.16. The van der Waals surface area contributed by atoms with Gasteiger partial charge in [-0.1, -0.05) is 176 Å². The minimum Gasteiger partial charge on any atom is -0.454 e. The predicted molar refractivity (Wildman–Crippen MR) is 243 cm³/mol. The third-order valence-electron chi connectivity index (χ3n) is 11.1. The van der Waals surface area contributed by atoms with Crippen molar-refractivity contribution in [3.63, 3.8) is 0 Å². The van der Waals surface area contributed by atoms with Gasteiger partial charge >= 0.3 is 0 Å². The Bertz CT molecular complexity index is 3260. The van der Waals surface area contributed by atoms with E-state index in [0.717, 1.165) is 50.1 Å². The Labute approximate surface area is 335 Å². The third kappa shape index (κ3) is 5.63. The monoisotopic (exact) mass is 745 g/mol. The zero-order valence-electron chi connectivity index (χ0n) is 31.0. The van der Waals surface area contributed by atoms with Crippen LogP contribution >= 0.6 is 11.3 Å². The Morgan fingerprint density at radius 1 is 0.351 bits per heavy atom. The van der Waals surface area contributed by atoms with Crippen molar-refractivity contribution in [3.8, 4) is 44.5 Å². The normalized spacial score (nSPS) is 11.5. The lowest BCUT2D eigenvalue weighted by atomic mass is 9.88. The summed E-state index contributed by atoms with van der Waals surface area (Å²) in [6, 6.07) is 76.3. The summed E-state index contributed by atoms with van der Waals surface area (Å²) in [4.78, 5) is 2.40. The summed E-state index contributed by atoms with van der Waals surface area (Å²) in [6.07, 6.45) is 0. The van der Waals surface area contributed by atoms with Crippen LogP contribution in [-0.2, 0) is 0 Å². The Morgan fingerprint density at radius 3 is 1.74 bits per heavy atom. The molecular weight excluding hydrogens is 711 g/mol. The molecule has 3 heteroatoms. The summed E-state index contributed by atoms with van der Waals surface area (Å²) >= 11 is 1.86. The second kappa shape index (κ2) is 13.8. The molecule has 0 saturated heterocycles. The van der Waals surface area contributed by atoms with Gasteiger partial charge in [0, 0.05) is 42.2 Å². The number of fused-ring (bicyclic) bond motifs is 6. The van der Waals surface area contributed by atoms with Crippen molar-refractivity contribution in [2.24, 2.45) is 0 Å². The molecule has 9 aromatic carbocycles. The van der Waals surface area contributed by atoms with Crippen LogP contribution in [0.15, 0.2) is 217 Å². The highest BCUT2D eigenvalue weighted by atomic mass is 32.1. The van der Waals surface area contributed by atoms with E-state index in [1.807, 2.05) is 17.4 Å². The molecule has 2 heterocycles. The first-order chi connectivity index (χ1) is 28.3. The zero-order valence-corrected chi connectivity index (χ0v) is 31.8. The van der Waals surface area contributed by atoms with Crippen LogP contribution < -0.4 is 4.90 Å². The number of hydrogen-bond donors (Lipinski definition) is 0. The maximum atomic E-state index is 6.78. The van der Waals surface area contributed by atoms with Gasteiger partial charge in [-0.25, -0.2) is 0 Å². The molecule has 0 unspecified atom stereocenters. The number of furan rings is 1. The van der Waals surface area contributed by atoms with E-state index in [0.29, 0.717) is 0 Å². The van der Waals surface area contributed by atoms with Gasteiger partial charge < -0.3 is 9.32 Å². The van der Waals surface area contributed by atoms with E-state index in [-0.39, 0.29) is 0 Å². The first kappa shape index (κ1) is 33.2. The summed E-state index contributed by atoms with van der Waals surface area (Å²) in [6.45, 7) is 0. The minimum absolute atomic E-state index is 0.855. The molecule has 0 N–H and O–H groups in total. The van der Waals surface area contributed by atoms with E-state index in [2.05, 4.69) is 211 Å². The van der Waals surface area contributed by atoms with Crippen molar-refractivity contribution < 1.29 is 4.42 Å². The van der Waals surface area contributed by atoms with Crippen LogP contribution in [0.3, 0.4) is 0 Å². The van der Waals surface area contributed by atoms with Gasteiger partial charge in [-0.05, 0) is 75.3 Å². The van der Waals surface area contributed by atoms with Crippen molar-refractivity contribution in [1.29, 1.82) is 0 Å². The van der Waals surface area contributed by atoms with Crippen molar-refractivity contribution >= 4 is 70.5 Å². The number of anilines is 3. The van der Waals surface area contributed by atoms with Crippen LogP contribution in [0.25, 0.3) is 86.6 Å². The van der Waals surface area contributed by atoms with E-state index in [9.17, 15) is 0 Å².